The molecule has 0 aliphatic carbocycles. The number of halogens is 3. The molecule has 0 saturated carbocycles. The molecular formula is C23H28F3NO4S. The van der Waals surface area contributed by atoms with Crippen LogP contribution in [0.4, 0.5) is 18.9 Å². The minimum absolute atomic E-state index is 0.00171. The molecule has 2 rings (SSSR count). The molecule has 0 unspecified atom stereocenters. The lowest BCUT2D eigenvalue weighted by Gasteiger charge is -2.28. The maximum atomic E-state index is 13.4. The number of aryl methyl sites for hydroxylation is 1. The fourth-order valence-corrected chi connectivity index (χ4v) is 4.89. The highest BCUT2D eigenvalue weighted by Gasteiger charge is 2.34. The zero-order valence-electron chi connectivity index (χ0n) is 18.7. The molecule has 0 bridgehead atoms. The highest BCUT2D eigenvalue weighted by molar-refractivity contribution is 7.92. The molecule has 5 nitrogen and oxygen atoms in total. The quantitative estimate of drug-likeness (QED) is 0.550. The van der Waals surface area contributed by atoms with E-state index in [1.165, 1.54) is 30.3 Å². The molecular weight excluding hydrogens is 443 g/mol. The van der Waals surface area contributed by atoms with Crippen molar-refractivity contribution in [2.75, 3.05) is 10.8 Å². The van der Waals surface area contributed by atoms with Gasteiger partial charge in [-0.05, 0) is 68.5 Å². The number of carboxylic acid groups (broad SMARTS) is 1. The van der Waals surface area contributed by atoms with Gasteiger partial charge in [-0.3, -0.25) is 9.10 Å². The zero-order valence-corrected chi connectivity index (χ0v) is 19.5. The van der Waals surface area contributed by atoms with Crippen LogP contribution in [0.3, 0.4) is 0 Å². The number of carbonyl (C=O) groups is 1. The van der Waals surface area contributed by atoms with E-state index in [4.69, 9.17) is 0 Å². The van der Waals surface area contributed by atoms with Gasteiger partial charge in [-0.2, -0.15) is 13.2 Å². The van der Waals surface area contributed by atoms with E-state index in [-0.39, 0.29) is 29.5 Å². The molecule has 0 aliphatic heterocycles. The molecule has 0 radical (unpaired) electrons. The number of carboxylic acids is 1. The number of hydrogen-bond acceptors (Lipinski definition) is 3. The number of sulfonamides is 1. The van der Waals surface area contributed by atoms with Crippen molar-refractivity contribution in [2.24, 2.45) is 11.3 Å². The number of benzene rings is 2. The predicted molar refractivity (Wildman–Crippen MR) is 117 cm³/mol. The summed E-state index contributed by atoms with van der Waals surface area (Å²) in [6, 6.07) is 8.83. The van der Waals surface area contributed by atoms with Gasteiger partial charge < -0.3 is 5.11 Å². The third-order valence-corrected chi connectivity index (χ3v) is 6.87. The van der Waals surface area contributed by atoms with Crippen molar-refractivity contribution in [2.45, 2.75) is 52.1 Å². The third kappa shape index (κ3) is 5.82. The molecule has 176 valence electrons. The second-order valence-corrected chi connectivity index (χ2v) is 10.8. The average molecular weight is 472 g/mol. The van der Waals surface area contributed by atoms with E-state index in [1.54, 1.807) is 34.6 Å². The van der Waals surface area contributed by atoms with E-state index in [2.05, 4.69) is 0 Å². The molecule has 0 fully saturated rings. The molecule has 0 amide bonds. The second-order valence-electron chi connectivity index (χ2n) is 8.94. The topological polar surface area (TPSA) is 74.7 Å². The van der Waals surface area contributed by atoms with Gasteiger partial charge in [-0.1, -0.05) is 32.0 Å². The number of anilines is 1. The van der Waals surface area contributed by atoms with Crippen LogP contribution in [-0.4, -0.2) is 26.0 Å². The van der Waals surface area contributed by atoms with Crippen LogP contribution in [0.1, 0.15) is 44.4 Å². The monoisotopic (exact) mass is 471 g/mol. The standard InChI is InChI=1S/C23H28F3NO4S/c1-15(2)14-27(20-12-18(23(24,25)26)9-6-16(20)3)32(30,31)19-10-7-17(8-11-19)13-22(4,5)21(28)29/h6-12,15H,13-14H2,1-5H3,(H,28,29). The Hall–Kier alpha value is -2.55. The Kier molecular flexibility index (Phi) is 7.34. The van der Waals surface area contributed by atoms with Crippen LogP contribution in [0.2, 0.25) is 0 Å². The van der Waals surface area contributed by atoms with E-state index in [0.29, 0.717) is 11.1 Å². The van der Waals surface area contributed by atoms with Gasteiger partial charge in [0.1, 0.15) is 0 Å². The Balaban J connectivity index is 2.51. The van der Waals surface area contributed by atoms with Crippen molar-refractivity contribution >= 4 is 21.7 Å². The minimum atomic E-state index is -4.60. The van der Waals surface area contributed by atoms with Crippen molar-refractivity contribution in [3.05, 3.63) is 59.2 Å². The first kappa shape index (κ1) is 25.7. The lowest BCUT2D eigenvalue weighted by atomic mass is 9.86. The Morgan fingerprint density at radius 2 is 1.62 bits per heavy atom. The second kappa shape index (κ2) is 9.13. The summed E-state index contributed by atoms with van der Waals surface area (Å²) in [6.07, 6.45) is -4.40. The van der Waals surface area contributed by atoms with E-state index in [1.807, 2.05) is 0 Å². The Morgan fingerprint density at radius 3 is 2.09 bits per heavy atom. The summed E-state index contributed by atoms with van der Waals surface area (Å²) in [5, 5.41) is 9.29. The van der Waals surface area contributed by atoms with Crippen molar-refractivity contribution in [1.82, 2.24) is 0 Å². The van der Waals surface area contributed by atoms with Crippen LogP contribution in [0.15, 0.2) is 47.4 Å². The first-order chi connectivity index (χ1) is 14.6. The van der Waals surface area contributed by atoms with Gasteiger partial charge >= 0.3 is 12.1 Å². The van der Waals surface area contributed by atoms with Crippen LogP contribution in [-0.2, 0) is 27.4 Å². The van der Waals surface area contributed by atoms with Crippen molar-refractivity contribution in [1.29, 1.82) is 0 Å². The number of hydrogen-bond donors (Lipinski definition) is 1. The number of aliphatic carboxylic acids is 1. The summed E-state index contributed by atoms with van der Waals surface area (Å²) < 4.78 is 67.7. The molecule has 9 heteroatoms. The summed E-state index contributed by atoms with van der Waals surface area (Å²) in [4.78, 5) is 11.3. The average Bonchev–Trinajstić information content (AvgIpc) is 2.65. The summed E-state index contributed by atoms with van der Waals surface area (Å²) >= 11 is 0. The van der Waals surface area contributed by atoms with E-state index in [0.717, 1.165) is 16.4 Å². The summed E-state index contributed by atoms with van der Waals surface area (Å²) in [6.45, 7) is 8.26. The molecule has 0 atom stereocenters. The SMILES string of the molecule is Cc1ccc(C(F)(F)F)cc1N(CC(C)C)S(=O)(=O)c1ccc(CC(C)(C)C(=O)O)cc1. The van der Waals surface area contributed by atoms with Gasteiger partial charge in [0.25, 0.3) is 10.0 Å². The maximum Gasteiger partial charge on any atom is 0.416 e. The Labute approximate surface area is 186 Å². The molecule has 1 N–H and O–H groups in total. The Bertz CT molecular complexity index is 1080. The smallest absolute Gasteiger partial charge is 0.416 e. The molecule has 2 aromatic rings. The summed E-state index contributed by atoms with van der Waals surface area (Å²) in [7, 11) is -4.16. The predicted octanol–water partition coefficient (Wildman–Crippen LogP) is 5.52. The third-order valence-electron chi connectivity index (χ3n) is 5.07. The van der Waals surface area contributed by atoms with E-state index >= 15 is 0 Å². The van der Waals surface area contributed by atoms with Gasteiger partial charge in [0.05, 0.1) is 21.6 Å². The number of nitrogens with zero attached hydrogens (tertiary/aromatic N) is 1. The largest absolute Gasteiger partial charge is 0.481 e. The zero-order chi connectivity index (χ0) is 24.5. The first-order valence-electron chi connectivity index (χ1n) is 10.1. The molecule has 0 aliphatic rings. The summed E-state index contributed by atoms with van der Waals surface area (Å²) in [5.74, 6) is -1.12. The van der Waals surface area contributed by atoms with Crippen molar-refractivity contribution in [3.63, 3.8) is 0 Å². The molecule has 0 heterocycles. The van der Waals surface area contributed by atoms with Crippen molar-refractivity contribution < 1.29 is 31.5 Å². The number of alkyl halides is 3. The van der Waals surface area contributed by atoms with Gasteiger partial charge in [0.2, 0.25) is 0 Å². The molecule has 0 spiro atoms. The molecule has 2 aromatic carbocycles. The van der Waals surface area contributed by atoms with Crippen LogP contribution in [0.25, 0.3) is 0 Å². The van der Waals surface area contributed by atoms with Crippen LogP contribution < -0.4 is 4.31 Å². The maximum absolute atomic E-state index is 13.4. The lowest BCUT2D eigenvalue weighted by molar-refractivity contribution is -0.146. The Morgan fingerprint density at radius 1 is 1.06 bits per heavy atom. The van der Waals surface area contributed by atoms with Crippen LogP contribution >= 0.6 is 0 Å². The molecule has 32 heavy (non-hydrogen) atoms. The van der Waals surface area contributed by atoms with Gasteiger partial charge in [-0.25, -0.2) is 8.42 Å². The lowest BCUT2D eigenvalue weighted by Crippen LogP contribution is -2.35. The summed E-state index contributed by atoms with van der Waals surface area (Å²) in [5.41, 5.74) is -0.929. The van der Waals surface area contributed by atoms with Crippen molar-refractivity contribution in [3.8, 4) is 0 Å². The van der Waals surface area contributed by atoms with Gasteiger partial charge in [0.15, 0.2) is 0 Å². The normalized spacial score (nSPS) is 12.8. The van der Waals surface area contributed by atoms with E-state index in [9.17, 15) is 31.5 Å². The highest BCUT2D eigenvalue weighted by atomic mass is 32.2. The first-order valence-corrected chi connectivity index (χ1v) is 11.5. The fraction of sp³-hybridized carbons (Fsp3) is 0.435. The molecule has 0 aromatic heterocycles. The van der Waals surface area contributed by atoms with Gasteiger partial charge in [0, 0.05) is 6.54 Å². The fourth-order valence-electron chi connectivity index (χ4n) is 3.20. The van der Waals surface area contributed by atoms with E-state index < -0.39 is 33.1 Å². The minimum Gasteiger partial charge on any atom is -0.481 e. The van der Waals surface area contributed by atoms with Crippen LogP contribution in [0.5, 0.6) is 0 Å². The van der Waals surface area contributed by atoms with Crippen LogP contribution in [0, 0.1) is 18.3 Å². The highest BCUT2D eigenvalue weighted by Crippen LogP contribution is 2.35. The van der Waals surface area contributed by atoms with Gasteiger partial charge in [-0.15, -0.1) is 0 Å². The molecule has 0 saturated heterocycles. The number of rotatable bonds is 8.